The van der Waals surface area contributed by atoms with Gasteiger partial charge in [0.05, 0.1) is 0 Å². The molecule has 0 spiro atoms. The van der Waals surface area contributed by atoms with E-state index in [4.69, 9.17) is 11.0 Å². The average molecular weight is 346 g/mol. The third kappa shape index (κ3) is 11.4. The summed E-state index contributed by atoms with van der Waals surface area (Å²) in [5.41, 5.74) is 0. The first-order chi connectivity index (χ1) is 4.85. The van der Waals surface area contributed by atoms with Crippen molar-refractivity contribution in [2.75, 3.05) is 19.8 Å². The fourth-order valence-corrected chi connectivity index (χ4v) is 1.76. The summed E-state index contributed by atoms with van der Waals surface area (Å²) >= 11 is -1.80. The smallest absolute Gasteiger partial charge is 1.00 e. The summed E-state index contributed by atoms with van der Waals surface area (Å²) in [7, 11) is 0. The monoisotopic (exact) mass is 344 g/mol. The van der Waals surface area contributed by atoms with E-state index in [2.05, 4.69) is 0 Å². The quantitative estimate of drug-likeness (QED) is 0.485. The first-order valence-corrected chi connectivity index (χ1v) is 5.25. The zero-order valence-corrected chi connectivity index (χ0v) is 12.1. The zero-order chi connectivity index (χ0) is 7.82. The summed E-state index contributed by atoms with van der Waals surface area (Å²) in [4.78, 5) is 0. The van der Waals surface area contributed by atoms with Gasteiger partial charge in [-0.25, -0.2) is 0 Å². The molecule has 0 aromatic rings. The SMILES string of the molecule is CC[O][V+2]([O]CC)[O]CC.[Br-].[Br-]. The summed E-state index contributed by atoms with van der Waals surface area (Å²) in [6.07, 6.45) is 0. The minimum atomic E-state index is -1.80. The summed E-state index contributed by atoms with van der Waals surface area (Å²) in [5.74, 6) is 0. The number of hydrogen-bond acceptors (Lipinski definition) is 3. The molecule has 6 heteroatoms. The van der Waals surface area contributed by atoms with Crippen molar-refractivity contribution in [1.29, 1.82) is 0 Å². The molecule has 3 nitrogen and oxygen atoms in total. The van der Waals surface area contributed by atoms with Gasteiger partial charge in [0.25, 0.3) is 0 Å². The normalized spacial score (nSPS) is 8.25. The van der Waals surface area contributed by atoms with Crippen LogP contribution in [0.4, 0.5) is 0 Å². The van der Waals surface area contributed by atoms with Crippen molar-refractivity contribution >= 4 is 0 Å². The summed E-state index contributed by atoms with van der Waals surface area (Å²) in [6.45, 7) is 7.87. The summed E-state index contributed by atoms with van der Waals surface area (Å²) < 4.78 is 15.7. The molecule has 0 unspecified atom stereocenters. The molecule has 0 amide bonds. The van der Waals surface area contributed by atoms with Crippen LogP contribution in [0, 0.1) is 0 Å². The van der Waals surface area contributed by atoms with Crippen LogP contribution in [0.15, 0.2) is 0 Å². The average Bonchev–Trinajstić information content (AvgIpc) is 1.90. The number of hydrogen-bond donors (Lipinski definition) is 0. The van der Waals surface area contributed by atoms with E-state index in [1.807, 2.05) is 20.8 Å². The van der Waals surface area contributed by atoms with Gasteiger partial charge in [-0.2, -0.15) is 0 Å². The van der Waals surface area contributed by atoms with Crippen molar-refractivity contribution in [3.05, 3.63) is 0 Å². The molecular weight excluding hydrogens is 331 g/mol. The second-order valence-corrected chi connectivity index (χ2v) is 3.38. The van der Waals surface area contributed by atoms with Crippen LogP contribution >= 0.6 is 0 Å². The van der Waals surface area contributed by atoms with E-state index in [1.165, 1.54) is 0 Å². The van der Waals surface area contributed by atoms with Gasteiger partial charge in [-0.1, -0.05) is 0 Å². The Morgan fingerprint density at radius 2 is 1.00 bits per heavy atom. The standard InChI is InChI=1S/3C2H5O.2BrH.V/c3*1-2-3;;;/h3*2H2,1H3;2*1H;/q3*-1;;;+5/p-2. The minimum Gasteiger partial charge on any atom is -1.00 e. The minimum absolute atomic E-state index is 0. The molecule has 0 aromatic heterocycles. The van der Waals surface area contributed by atoms with Crippen molar-refractivity contribution in [1.82, 2.24) is 0 Å². The molecule has 0 fully saturated rings. The van der Waals surface area contributed by atoms with Crippen molar-refractivity contribution in [3.63, 3.8) is 0 Å². The van der Waals surface area contributed by atoms with E-state index in [1.54, 1.807) is 0 Å². The molecule has 0 atom stereocenters. The van der Waals surface area contributed by atoms with Crippen molar-refractivity contribution in [2.24, 2.45) is 0 Å². The Balaban J connectivity index is -0.000000405. The van der Waals surface area contributed by atoms with Crippen LogP contribution in [0.3, 0.4) is 0 Å². The van der Waals surface area contributed by atoms with E-state index in [0.717, 1.165) is 0 Å². The Hall–Kier alpha value is 1.42. The van der Waals surface area contributed by atoms with Crippen LogP contribution < -0.4 is 34.0 Å². The van der Waals surface area contributed by atoms with Gasteiger partial charge >= 0.3 is 67.8 Å². The van der Waals surface area contributed by atoms with Crippen molar-refractivity contribution in [2.45, 2.75) is 20.8 Å². The molecule has 0 aliphatic rings. The Morgan fingerprint density at radius 3 is 1.17 bits per heavy atom. The summed E-state index contributed by atoms with van der Waals surface area (Å²) in [6, 6.07) is 0. The maximum atomic E-state index is 5.22. The van der Waals surface area contributed by atoms with Gasteiger partial charge < -0.3 is 34.0 Å². The molecule has 76 valence electrons. The summed E-state index contributed by atoms with van der Waals surface area (Å²) in [5, 5.41) is 0. The third-order valence-electron chi connectivity index (χ3n) is 0.704. The van der Waals surface area contributed by atoms with E-state index < -0.39 is 16.2 Å². The molecule has 12 heavy (non-hydrogen) atoms. The predicted molar refractivity (Wildman–Crippen MR) is 34.9 cm³/mol. The van der Waals surface area contributed by atoms with Gasteiger partial charge in [-0.3, -0.25) is 0 Å². The molecule has 0 radical (unpaired) electrons. The maximum Gasteiger partial charge on any atom is -1.00 e. The molecule has 0 rings (SSSR count). The first kappa shape index (κ1) is 19.1. The molecule has 0 saturated heterocycles. The van der Waals surface area contributed by atoms with Gasteiger partial charge in [-0.15, -0.1) is 0 Å². The maximum absolute atomic E-state index is 5.22. The fraction of sp³-hybridized carbons (Fsp3) is 1.00. The van der Waals surface area contributed by atoms with Crippen LogP contribution in [0.5, 0.6) is 0 Å². The Labute approximate surface area is 101 Å². The molecule has 0 aliphatic carbocycles. The Kier molecular flexibility index (Phi) is 23.7. The van der Waals surface area contributed by atoms with Crippen molar-refractivity contribution < 1.29 is 61.2 Å². The van der Waals surface area contributed by atoms with Crippen LogP contribution in [0.2, 0.25) is 0 Å². The second-order valence-electron chi connectivity index (χ2n) is 1.48. The van der Waals surface area contributed by atoms with E-state index in [0.29, 0.717) is 19.8 Å². The molecule has 0 N–H and O–H groups in total. The van der Waals surface area contributed by atoms with Crippen LogP contribution in [-0.2, 0) is 27.2 Å². The Morgan fingerprint density at radius 1 is 0.750 bits per heavy atom. The van der Waals surface area contributed by atoms with Crippen molar-refractivity contribution in [3.8, 4) is 0 Å². The molecule has 0 heterocycles. The largest absolute Gasteiger partial charge is 1.00 e. The first-order valence-electron chi connectivity index (χ1n) is 3.54. The molecule has 0 aromatic carbocycles. The van der Waals surface area contributed by atoms with E-state index in [9.17, 15) is 0 Å². The van der Waals surface area contributed by atoms with Gasteiger partial charge in [0.1, 0.15) is 0 Å². The van der Waals surface area contributed by atoms with Gasteiger partial charge in [0, 0.05) is 0 Å². The fourth-order valence-electron chi connectivity index (χ4n) is 0.428. The molecular formula is C6H15Br2O3V. The molecule has 0 aliphatic heterocycles. The second kappa shape index (κ2) is 14.9. The van der Waals surface area contributed by atoms with Gasteiger partial charge in [0.2, 0.25) is 0 Å². The van der Waals surface area contributed by atoms with Crippen LogP contribution in [0.25, 0.3) is 0 Å². The number of halogens is 2. The molecule has 0 saturated carbocycles. The number of rotatable bonds is 6. The van der Waals surface area contributed by atoms with Gasteiger partial charge in [-0.05, 0) is 0 Å². The van der Waals surface area contributed by atoms with E-state index >= 15 is 0 Å². The topological polar surface area (TPSA) is 27.7 Å². The Bertz CT molecular complexity index is 63.5. The predicted octanol–water partition coefficient (Wildman–Crippen LogP) is -4.53. The van der Waals surface area contributed by atoms with Gasteiger partial charge in [0.15, 0.2) is 0 Å². The van der Waals surface area contributed by atoms with Crippen LogP contribution in [-0.4, -0.2) is 19.8 Å². The molecule has 0 bridgehead atoms. The zero-order valence-electron chi connectivity index (χ0n) is 7.55. The van der Waals surface area contributed by atoms with Crippen LogP contribution in [0.1, 0.15) is 20.8 Å². The third-order valence-corrected chi connectivity index (χ3v) is 2.90. The van der Waals surface area contributed by atoms with E-state index in [-0.39, 0.29) is 34.0 Å².